The summed E-state index contributed by atoms with van der Waals surface area (Å²) in [5, 5.41) is 19.2. The molecule has 4 nitrogen and oxygen atoms in total. The number of aryl methyl sites for hydroxylation is 1. The van der Waals surface area contributed by atoms with E-state index in [9.17, 15) is 28.1 Å². The standard InChI is InChI=1S/C22H16F4N2O2/c1-29-12-30-11-19-18(10-28)16(5-6-20(19)22(24,25)26)17-4-2-3-13-7-15(23)8-14(9-27)21(13)17/h4-8H,2-3,11-12H2,1H3. The molecular weight excluding hydrogens is 400 g/mol. The van der Waals surface area contributed by atoms with Crippen LogP contribution >= 0.6 is 0 Å². The van der Waals surface area contributed by atoms with E-state index in [-0.39, 0.29) is 29.0 Å². The second kappa shape index (κ2) is 8.66. The van der Waals surface area contributed by atoms with Gasteiger partial charge in [-0.1, -0.05) is 12.1 Å². The predicted molar refractivity (Wildman–Crippen MR) is 99.3 cm³/mol. The topological polar surface area (TPSA) is 66.0 Å². The molecule has 30 heavy (non-hydrogen) atoms. The van der Waals surface area contributed by atoms with Crippen LogP contribution in [0.25, 0.3) is 5.57 Å². The number of hydrogen-bond donors (Lipinski definition) is 0. The van der Waals surface area contributed by atoms with Crippen molar-refractivity contribution in [3.63, 3.8) is 0 Å². The summed E-state index contributed by atoms with van der Waals surface area (Å²) >= 11 is 0. The monoisotopic (exact) mass is 416 g/mol. The van der Waals surface area contributed by atoms with E-state index in [0.717, 1.165) is 12.1 Å². The molecule has 2 aromatic rings. The molecule has 1 aliphatic carbocycles. The lowest BCUT2D eigenvalue weighted by molar-refractivity contribution is -0.139. The number of hydrogen-bond acceptors (Lipinski definition) is 4. The summed E-state index contributed by atoms with van der Waals surface area (Å²) in [7, 11) is 1.33. The van der Waals surface area contributed by atoms with E-state index in [4.69, 9.17) is 9.47 Å². The minimum absolute atomic E-state index is 0.0666. The quantitative estimate of drug-likeness (QED) is 0.387. The number of fused-ring (bicyclic) bond motifs is 1. The Labute approximate surface area is 170 Å². The minimum Gasteiger partial charge on any atom is -0.359 e. The average Bonchev–Trinajstić information content (AvgIpc) is 2.71. The molecule has 0 fully saturated rings. The maximum absolute atomic E-state index is 13.9. The second-order valence-corrected chi connectivity index (χ2v) is 6.63. The second-order valence-electron chi connectivity index (χ2n) is 6.63. The lowest BCUT2D eigenvalue weighted by atomic mass is 9.81. The molecule has 2 aromatic carbocycles. The van der Waals surface area contributed by atoms with Crippen LogP contribution in [0, 0.1) is 28.5 Å². The average molecular weight is 416 g/mol. The zero-order chi connectivity index (χ0) is 21.9. The Bertz CT molecular complexity index is 1090. The number of rotatable bonds is 5. The smallest absolute Gasteiger partial charge is 0.359 e. The molecule has 0 radical (unpaired) electrons. The highest BCUT2D eigenvalue weighted by molar-refractivity contribution is 5.88. The van der Waals surface area contributed by atoms with Gasteiger partial charge in [0.05, 0.1) is 29.4 Å². The van der Waals surface area contributed by atoms with Crippen LogP contribution in [0.2, 0.25) is 0 Å². The van der Waals surface area contributed by atoms with Crippen molar-refractivity contribution in [2.24, 2.45) is 0 Å². The van der Waals surface area contributed by atoms with E-state index in [0.29, 0.717) is 29.5 Å². The summed E-state index contributed by atoms with van der Waals surface area (Å²) in [5.41, 5.74) is 0.264. The van der Waals surface area contributed by atoms with Crippen LogP contribution < -0.4 is 0 Å². The molecule has 0 aromatic heterocycles. The fraction of sp³-hybridized carbons (Fsp3) is 0.273. The third-order valence-corrected chi connectivity index (χ3v) is 4.80. The highest BCUT2D eigenvalue weighted by Gasteiger charge is 2.36. The molecule has 0 unspecified atom stereocenters. The number of nitriles is 2. The number of benzene rings is 2. The number of allylic oxidation sites excluding steroid dienone is 1. The van der Waals surface area contributed by atoms with Crippen LogP contribution in [0.5, 0.6) is 0 Å². The summed E-state index contributed by atoms with van der Waals surface area (Å²) in [6.07, 6.45) is -1.95. The van der Waals surface area contributed by atoms with Crippen LogP contribution in [0.3, 0.4) is 0 Å². The van der Waals surface area contributed by atoms with E-state index in [1.807, 2.05) is 12.1 Å². The van der Waals surface area contributed by atoms with Gasteiger partial charge in [-0.05, 0) is 42.2 Å². The third-order valence-electron chi connectivity index (χ3n) is 4.80. The van der Waals surface area contributed by atoms with E-state index in [2.05, 4.69) is 0 Å². The lowest BCUT2D eigenvalue weighted by Gasteiger charge is -2.23. The summed E-state index contributed by atoms with van der Waals surface area (Å²) in [6, 6.07) is 8.30. The maximum Gasteiger partial charge on any atom is 0.416 e. The molecule has 154 valence electrons. The number of halogens is 4. The first kappa shape index (κ1) is 21.5. The third kappa shape index (κ3) is 4.06. The van der Waals surface area contributed by atoms with Gasteiger partial charge >= 0.3 is 6.18 Å². The van der Waals surface area contributed by atoms with Crippen LogP contribution in [0.15, 0.2) is 30.3 Å². The van der Waals surface area contributed by atoms with Crippen molar-refractivity contribution in [1.29, 1.82) is 10.5 Å². The van der Waals surface area contributed by atoms with Crippen LogP contribution in [-0.2, 0) is 28.7 Å². The van der Waals surface area contributed by atoms with Gasteiger partial charge in [-0.3, -0.25) is 0 Å². The zero-order valence-corrected chi connectivity index (χ0v) is 15.9. The van der Waals surface area contributed by atoms with E-state index < -0.39 is 24.2 Å². The Morgan fingerprint density at radius 1 is 1.13 bits per heavy atom. The highest BCUT2D eigenvalue weighted by Crippen LogP contribution is 2.40. The molecule has 3 rings (SSSR count). The summed E-state index contributed by atoms with van der Waals surface area (Å²) in [6.45, 7) is -0.718. The van der Waals surface area contributed by atoms with Gasteiger partial charge in [0, 0.05) is 23.8 Å². The molecule has 0 aliphatic heterocycles. The largest absolute Gasteiger partial charge is 0.416 e. The van der Waals surface area contributed by atoms with Crippen LogP contribution in [-0.4, -0.2) is 13.9 Å². The van der Waals surface area contributed by atoms with Gasteiger partial charge < -0.3 is 9.47 Å². The van der Waals surface area contributed by atoms with Crippen LogP contribution in [0.4, 0.5) is 17.6 Å². The zero-order valence-electron chi connectivity index (χ0n) is 15.9. The molecule has 0 saturated heterocycles. The van der Waals surface area contributed by atoms with Gasteiger partial charge in [-0.2, -0.15) is 23.7 Å². The van der Waals surface area contributed by atoms with Crippen molar-refractivity contribution >= 4 is 5.57 Å². The van der Waals surface area contributed by atoms with Crippen molar-refractivity contribution in [2.45, 2.75) is 25.6 Å². The normalized spacial score (nSPS) is 13.2. The first-order valence-corrected chi connectivity index (χ1v) is 8.95. The molecule has 0 spiro atoms. The van der Waals surface area contributed by atoms with Crippen molar-refractivity contribution in [1.82, 2.24) is 0 Å². The summed E-state index contributed by atoms with van der Waals surface area (Å²) in [5.74, 6) is -0.562. The Kier molecular flexibility index (Phi) is 6.21. The van der Waals surface area contributed by atoms with Gasteiger partial charge in [-0.25, -0.2) is 4.39 Å². The SMILES string of the molecule is COCOCc1c(C(F)(F)F)ccc(C2=CCCc3cc(F)cc(C#N)c32)c1C#N. The fourth-order valence-electron chi connectivity index (χ4n) is 3.63. The Morgan fingerprint density at radius 3 is 2.53 bits per heavy atom. The first-order valence-electron chi connectivity index (χ1n) is 8.95. The van der Waals surface area contributed by atoms with E-state index in [1.54, 1.807) is 6.08 Å². The molecule has 1 aliphatic rings. The van der Waals surface area contributed by atoms with Crippen LogP contribution in [0.1, 0.15) is 45.4 Å². The fourth-order valence-corrected chi connectivity index (χ4v) is 3.63. The highest BCUT2D eigenvalue weighted by atomic mass is 19.4. The number of methoxy groups -OCH3 is 1. The Hall–Kier alpha value is -3.20. The molecule has 8 heteroatoms. The van der Waals surface area contributed by atoms with Crippen molar-refractivity contribution in [2.75, 3.05) is 13.9 Å². The molecule has 0 bridgehead atoms. The van der Waals surface area contributed by atoms with Gasteiger partial charge in [0.2, 0.25) is 0 Å². The minimum atomic E-state index is -4.68. The van der Waals surface area contributed by atoms with Crippen molar-refractivity contribution < 1.29 is 27.0 Å². The summed E-state index contributed by atoms with van der Waals surface area (Å²) in [4.78, 5) is 0. The Balaban J connectivity index is 2.24. The number of nitrogens with zero attached hydrogens (tertiary/aromatic N) is 2. The van der Waals surface area contributed by atoms with Gasteiger partial charge in [0.1, 0.15) is 18.7 Å². The Morgan fingerprint density at radius 2 is 1.90 bits per heavy atom. The molecule has 0 N–H and O–H groups in total. The number of ether oxygens (including phenoxy) is 2. The molecule has 0 heterocycles. The van der Waals surface area contributed by atoms with Gasteiger partial charge in [0.25, 0.3) is 0 Å². The first-order chi connectivity index (χ1) is 14.3. The van der Waals surface area contributed by atoms with Gasteiger partial charge in [-0.15, -0.1) is 0 Å². The van der Waals surface area contributed by atoms with E-state index in [1.165, 1.54) is 19.2 Å². The maximum atomic E-state index is 13.9. The predicted octanol–water partition coefficient (Wildman–Crippen LogP) is 5.09. The van der Waals surface area contributed by atoms with Gasteiger partial charge in [0.15, 0.2) is 0 Å². The molecule has 0 amide bonds. The lowest BCUT2D eigenvalue weighted by Crippen LogP contribution is -2.14. The molecule has 0 atom stereocenters. The van der Waals surface area contributed by atoms with Crippen molar-refractivity contribution in [3.05, 3.63) is 75.1 Å². The number of alkyl halides is 3. The molecule has 0 saturated carbocycles. The molecular formula is C22H16F4N2O2. The van der Waals surface area contributed by atoms with E-state index >= 15 is 0 Å². The summed E-state index contributed by atoms with van der Waals surface area (Å²) < 4.78 is 64.4. The van der Waals surface area contributed by atoms with Crippen molar-refractivity contribution in [3.8, 4) is 12.1 Å².